The summed E-state index contributed by atoms with van der Waals surface area (Å²) < 4.78 is 5.16. The van der Waals surface area contributed by atoms with E-state index >= 15 is 0 Å². The van der Waals surface area contributed by atoms with Crippen molar-refractivity contribution in [2.75, 3.05) is 13.2 Å². The molecule has 0 saturated carbocycles. The lowest BCUT2D eigenvalue weighted by Gasteiger charge is -2.19. The van der Waals surface area contributed by atoms with Crippen molar-refractivity contribution in [2.45, 2.75) is 25.1 Å². The van der Waals surface area contributed by atoms with Crippen molar-refractivity contribution in [3.8, 4) is 0 Å². The zero-order chi connectivity index (χ0) is 9.97. The van der Waals surface area contributed by atoms with Crippen molar-refractivity contribution in [1.82, 2.24) is 10.3 Å². The zero-order valence-electron chi connectivity index (χ0n) is 8.01. The monoisotopic (exact) mass is 214 g/mol. The van der Waals surface area contributed by atoms with Gasteiger partial charge in [-0.3, -0.25) is 4.98 Å². The first-order valence-electron chi connectivity index (χ1n) is 4.67. The SMILES string of the molecule is CC(NC1COCC1O)c1cncs1. The number of hydrogen-bond acceptors (Lipinski definition) is 5. The Bertz CT molecular complexity index is 278. The Morgan fingerprint density at radius 1 is 1.71 bits per heavy atom. The average molecular weight is 214 g/mol. The number of thiazole rings is 1. The van der Waals surface area contributed by atoms with Crippen LogP contribution in [0.2, 0.25) is 0 Å². The maximum atomic E-state index is 9.54. The Morgan fingerprint density at radius 2 is 2.57 bits per heavy atom. The molecule has 1 aromatic heterocycles. The van der Waals surface area contributed by atoms with Crippen LogP contribution in [0, 0.1) is 0 Å². The van der Waals surface area contributed by atoms with E-state index < -0.39 is 0 Å². The number of aliphatic hydroxyl groups excluding tert-OH is 1. The van der Waals surface area contributed by atoms with Gasteiger partial charge in [0.05, 0.1) is 30.9 Å². The molecule has 2 N–H and O–H groups in total. The van der Waals surface area contributed by atoms with Crippen molar-refractivity contribution < 1.29 is 9.84 Å². The molecule has 1 saturated heterocycles. The number of aliphatic hydroxyl groups is 1. The molecule has 2 rings (SSSR count). The van der Waals surface area contributed by atoms with E-state index in [9.17, 15) is 5.11 Å². The first-order chi connectivity index (χ1) is 6.77. The van der Waals surface area contributed by atoms with Gasteiger partial charge in [-0.2, -0.15) is 0 Å². The van der Waals surface area contributed by atoms with Gasteiger partial charge in [-0.25, -0.2) is 0 Å². The highest BCUT2D eigenvalue weighted by Gasteiger charge is 2.27. The summed E-state index contributed by atoms with van der Waals surface area (Å²) in [6.45, 7) is 3.09. The third-order valence-electron chi connectivity index (χ3n) is 2.39. The van der Waals surface area contributed by atoms with Crippen LogP contribution in [-0.2, 0) is 4.74 Å². The quantitative estimate of drug-likeness (QED) is 0.771. The molecule has 3 unspecified atom stereocenters. The minimum absolute atomic E-state index is 0.0482. The van der Waals surface area contributed by atoms with Gasteiger partial charge in [0.1, 0.15) is 0 Å². The molecule has 1 aliphatic heterocycles. The number of nitrogens with zero attached hydrogens (tertiary/aromatic N) is 1. The lowest BCUT2D eigenvalue weighted by Crippen LogP contribution is -2.39. The first kappa shape index (κ1) is 10.0. The molecular weight excluding hydrogens is 200 g/mol. The predicted molar refractivity (Wildman–Crippen MR) is 54.3 cm³/mol. The minimum Gasteiger partial charge on any atom is -0.389 e. The van der Waals surface area contributed by atoms with E-state index in [1.165, 1.54) is 4.88 Å². The highest BCUT2D eigenvalue weighted by molar-refractivity contribution is 7.09. The van der Waals surface area contributed by atoms with E-state index in [2.05, 4.69) is 17.2 Å². The standard InChI is InChI=1S/C9H14N2O2S/c1-6(9-2-10-5-14-9)11-7-3-13-4-8(7)12/h2,5-8,11-12H,3-4H2,1H3. The number of aromatic nitrogens is 1. The van der Waals surface area contributed by atoms with Gasteiger partial charge in [-0.15, -0.1) is 11.3 Å². The van der Waals surface area contributed by atoms with Gasteiger partial charge in [0.2, 0.25) is 0 Å². The molecule has 0 amide bonds. The fourth-order valence-corrected chi connectivity index (χ4v) is 2.18. The van der Waals surface area contributed by atoms with E-state index in [1.807, 2.05) is 11.7 Å². The van der Waals surface area contributed by atoms with Crippen LogP contribution < -0.4 is 5.32 Å². The van der Waals surface area contributed by atoms with Crippen LogP contribution >= 0.6 is 11.3 Å². The molecule has 4 nitrogen and oxygen atoms in total. The van der Waals surface area contributed by atoms with Gasteiger partial charge >= 0.3 is 0 Å². The van der Waals surface area contributed by atoms with Crippen molar-refractivity contribution in [3.63, 3.8) is 0 Å². The highest BCUT2D eigenvalue weighted by atomic mass is 32.1. The second-order valence-corrected chi connectivity index (χ2v) is 4.42. The molecule has 0 radical (unpaired) electrons. The second kappa shape index (κ2) is 4.35. The number of hydrogen-bond donors (Lipinski definition) is 2. The Morgan fingerprint density at radius 3 is 3.14 bits per heavy atom. The molecule has 3 atom stereocenters. The Kier molecular flexibility index (Phi) is 3.12. The maximum absolute atomic E-state index is 9.54. The third-order valence-corrected chi connectivity index (χ3v) is 3.35. The van der Waals surface area contributed by atoms with Crippen LogP contribution in [0.25, 0.3) is 0 Å². The summed E-state index contributed by atoms with van der Waals surface area (Å²) in [5.41, 5.74) is 1.81. The number of ether oxygens (including phenoxy) is 1. The summed E-state index contributed by atoms with van der Waals surface area (Å²) in [6, 6.07) is 0.274. The first-order valence-corrected chi connectivity index (χ1v) is 5.55. The fourth-order valence-electron chi connectivity index (χ4n) is 1.54. The van der Waals surface area contributed by atoms with Crippen LogP contribution in [0.5, 0.6) is 0 Å². The number of nitrogens with one attached hydrogen (secondary N) is 1. The van der Waals surface area contributed by atoms with Crippen LogP contribution in [0.4, 0.5) is 0 Å². The van der Waals surface area contributed by atoms with Gasteiger partial charge in [-0.05, 0) is 6.92 Å². The van der Waals surface area contributed by atoms with Crippen molar-refractivity contribution in [3.05, 3.63) is 16.6 Å². The van der Waals surface area contributed by atoms with E-state index in [-0.39, 0.29) is 18.2 Å². The lowest BCUT2D eigenvalue weighted by atomic mass is 10.2. The zero-order valence-corrected chi connectivity index (χ0v) is 8.83. The van der Waals surface area contributed by atoms with Crippen LogP contribution in [0.3, 0.4) is 0 Å². The average Bonchev–Trinajstić information content (AvgIpc) is 2.77. The normalized spacial score (nSPS) is 29.3. The summed E-state index contributed by atoms with van der Waals surface area (Å²) in [6.07, 6.45) is 1.47. The molecule has 78 valence electrons. The van der Waals surface area contributed by atoms with E-state index in [0.29, 0.717) is 13.2 Å². The molecule has 14 heavy (non-hydrogen) atoms. The van der Waals surface area contributed by atoms with Crippen LogP contribution in [-0.4, -0.2) is 35.5 Å². The molecule has 1 aliphatic rings. The third kappa shape index (κ3) is 2.12. The summed E-state index contributed by atoms with van der Waals surface area (Å²) in [4.78, 5) is 5.21. The summed E-state index contributed by atoms with van der Waals surface area (Å²) in [5, 5.41) is 12.9. The lowest BCUT2D eigenvalue weighted by molar-refractivity contribution is 0.121. The van der Waals surface area contributed by atoms with Gasteiger partial charge in [0.25, 0.3) is 0 Å². The largest absolute Gasteiger partial charge is 0.389 e. The topological polar surface area (TPSA) is 54.4 Å². The second-order valence-electron chi connectivity index (χ2n) is 3.50. The van der Waals surface area contributed by atoms with Crippen LogP contribution in [0.15, 0.2) is 11.7 Å². The predicted octanol–water partition coefficient (Wildman–Crippen LogP) is 0.553. The summed E-state index contributed by atoms with van der Waals surface area (Å²) in [5.74, 6) is 0. The molecule has 0 spiro atoms. The summed E-state index contributed by atoms with van der Waals surface area (Å²) in [7, 11) is 0. The van der Waals surface area contributed by atoms with Gasteiger partial charge < -0.3 is 15.2 Å². The maximum Gasteiger partial charge on any atom is 0.0948 e. The minimum atomic E-state index is -0.384. The van der Waals surface area contributed by atoms with E-state index in [4.69, 9.17) is 4.74 Å². The van der Waals surface area contributed by atoms with E-state index in [0.717, 1.165) is 0 Å². The van der Waals surface area contributed by atoms with Crippen molar-refractivity contribution in [2.24, 2.45) is 0 Å². The molecule has 1 fully saturated rings. The molecule has 0 aliphatic carbocycles. The molecule has 1 aromatic rings. The molecule has 0 bridgehead atoms. The van der Waals surface area contributed by atoms with E-state index in [1.54, 1.807) is 11.3 Å². The Balaban J connectivity index is 1.91. The highest BCUT2D eigenvalue weighted by Crippen LogP contribution is 2.18. The molecule has 2 heterocycles. The molecule has 5 heteroatoms. The fraction of sp³-hybridized carbons (Fsp3) is 0.667. The van der Waals surface area contributed by atoms with Gasteiger partial charge in [-0.1, -0.05) is 0 Å². The Labute approximate surface area is 86.9 Å². The smallest absolute Gasteiger partial charge is 0.0948 e. The molecular formula is C9H14N2O2S. The van der Waals surface area contributed by atoms with Gasteiger partial charge in [0, 0.05) is 17.1 Å². The number of rotatable bonds is 3. The molecule has 0 aromatic carbocycles. The van der Waals surface area contributed by atoms with Crippen molar-refractivity contribution >= 4 is 11.3 Å². The summed E-state index contributed by atoms with van der Waals surface area (Å²) >= 11 is 1.62. The Hall–Kier alpha value is -0.490. The van der Waals surface area contributed by atoms with Crippen LogP contribution in [0.1, 0.15) is 17.8 Å². The van der Waals surface area contributed by atoms with Gasteiger partial charge in [0.15, 0.2) is 0 Å². The van der Waals surface area contributed by atoms with Crippen molar-refractivity contribution in [1.29, 1.82) is 0 Å².